The zero-order valence-electron chi connectivity index (χ0n) is 15.0. The second-order valence-electron chi connectivity index (χ2n) is 5.76. The topological polar surface area (TPSA) is 104 Å². The molecule has 0 fully saturated rings. The lowest BCUT2D eigenvalue weighted by Crippen LogP contribution is -2.14. The Morgan fingerprint density at radius 1 is 1.33 bits per heavy atom. The van der Waals surface area contributed by atoms with E-state index in [-0.39, 0.29) is 16.8 Å². The SMILES string of the molecule is CCNc1ccc(C(O)=C2CCc3nc(NC(=O)SCC)sc3C2=O)cn1. The number of nitrogens with one attached hydrogen (secondary N) is 2. The highest BCUT2D eigenvalue weighted by Crippen LogP contribution is 2.35. The van der Waals surface area contributed by atoms with Crippen LogP contribution in [0.1, 0.15) is 41.2 Å². The molecule has 0 bridgehead atoms. The summed E-state index contributed by atoms with van der Waals surface area (Å²) in [5.41, 5.74) is 1.52. The zero-order chi connectivity index (χ0) is 19.4. The molecule has 2 aromatic heterocycles. The quantitative estimate of drug-likeness (QED) is 0.502. The highest BCUT2D eigenvalue weighted by molar-refractivity contribution is 8.13. The van der Waals surface area contributed by atoms with Crippen molar-refractivity contribution in [2.24, 2.45) is 0 Å². The Bertz CT molecular complexity index is 891. The molecule has 9 heteroatoms. The van der Waals surface area contributed by atoms with Crippen molar-refractivity contribution in [3.8, 4) is 0 Å². The number of fused-ring (bicyclic) bond motifs is 1. The van der Waals surface area contributed by atoms with E-state index in [0.29, 0.717) is 51.3 Å². The van der Waals surface area contributed by atoms with Crippen molar-refractivity contribution < 1.29 is 14.7 Å². The van der Waals surface area contributed by atoms with Crippen LogP contribution in [-0.2, 0) is 6.42 Å². The fourth-order valence-corrected chi connectivity index (χ4v) is 4.19. The molecule has 1 amide bonds. The Kier molecular flexibility index (Phi) is 6.12. The van der Waals surface area contributed by atoms with E-state index in [1.165, 1.54) is 0 Å². The van der Waals surface area contributed by atoms with E-state index < -0.39 is 0 Å². The molecule has 7 nitrogen and oxygen atoms in total. The number of ketones is 1. The first-order chi connectivity index (χ1) is 13.0. The van der Waals surface area contributed by atoms with Crippen LogP contribution < -0.4 is 10.6 Å². The number of carbonyl (C=O) groups is 2. The van der Waals surface area contributed by atoms with Gasteiger partial charge < -0.3 is 10.4 Å². The third kappa shape index (κ3) is 4.30. The van der Waals surface area contributed by atoms with Crippen molar-refractivity contribution in [3.05, 3.63) is 40.0 Å². The van der Waals surface area contributed by atoms with Gasteiger partial charge in [-0.05, 0) is 37.7 Å². The van der Waals surface area contributed by atoms with Crippen molar-refractivity contribution in [1.29, 1.82) is 0 Å². The summed E-state index contributed by atoms with van der Waals surface area (Å²) in [5.74, 6) is 1.08. The van der Waals surface area contributed by atoms with Crippen LogP contribution in [0.2, 0.25) is 0 Å². The number of aromatic nitrogens is 2. The number of nitrogens with zero attached hydrogens (tertiary/aromatic N) is 2. The first-order valence-corrected chi connectivity index (χ1v) is 10.4. The minimum atomic E-state index is -0.245. The van der Waals surface area contributed by atoms with Crippen molar-refractivity contribution in [2.45, 2.75) is 26.7 Å². The molecule has 1 aliphatic carbocycles. The van der Waals surface area contributed by atoms with Crippen LogP contribution >= 0.6 is 23.1 Å². The summed E-state index contributed by atoms with van der Waals surface area (Å²) >= 11 is 2.30. The number of thioether (sulfide) groups is 1. The second-order valence-corrected chi connectivity index (χ2v) is 7.99. The van der Waals surface area contributed by atoms with Crippen LogP contribution in [0.3, 0.4) is 0 Å². The maximum absolute atomic E-state index is 12.8. The number of rotatable bonds is 5. The van der Waals surface area contributed by atoms with E-state index in [1.54, 1.807) is 18.3 Å². The second kappa shape index (κ2) is 8.53. The van der Waals surface area contributed by atoms with Gasteiger partial charge in [0.05, 0.1) is 5.69 Å². The van der Waals surface area contributed by atoms with Crippen molar-refractivity contribution in [2.75, 3.05) is 22.9 Å². The first kappa shape index (κ1) is 19.4. The third-order valence-corrected chi connectivity index (χ3v) is 5.62. The van der Waals surface area contributed by atoms with Gasteiger partial charge in [-0.2, -0.15) is 0 Å². The number of allylic oxidation sites excluding steroid dienone is 1. The smallest absolute Gasteiger partial charge is 0.285 e. The molecule has 0 aliphatic heterocycles. The number of carbonyl (C=O) groups excluding carboxylic acids is 2. The lowest BCUT2D eigenvalue weighted by atomic mass is 9.93. The number of amides is 1. The maximum atomic E-state index is 12.8. The molecule has 142 valence electrons. The van der Waals surface area contributed by atoms with Crippen molar-refractivity contribution in [1.82, 2.24) is 9.97 Å². The standard InChI is InChI=1S/C18H20N4O3S2/c1-3-19-13-8-5-10(9-20-13)14(23)11-6-7-12-16(15(11)24)27-17(21-12)22-18(25)26-4-2/h5,8-9,23H,3-4,6-7H2,1-2H3,(H,19,20)(H,21,22,25). The van der Waals surface area contributed by atoms with Crippen LogP contribution in [0, 0.1) is 0 Å². The van der Waals surface area contributed by atoms with E-state index in [9.17, 15) is 14.7 Å². The van der Waals surface area contributed by atoms with Gasteiger partial charge in [-0.1, -0.05) is 30.0 Å². The Morgan fingerprint density at radius 3 is 2.81 bits per heavy atom. The van der Waals surface area contributed by atoms with Gasteiger partial charge in [0.25, 0.3) is 5.24 Å². The van der Waals surface area contributed by atoms with Gasteiger partial charge in [0, 0.05) is 23.9 Å². The molecular formula is C18H20N4O3S2. The molecule has 3 rings (SSSR count). The molecule has 0 aromatic carbocycles. The Labute approximate surface area is 165 Å². The zero-order valence-corrected chi connectivity index (χ0v) is 16.7. The van der Waals surface area contributed by atoms with Crippen LogP contribution in [0.15, 0.2) is 23.9 Å². The minimum absolute atomic E-state index is 0.0540. The highest BCUT2D eigenvalue weighted by atomic mass is 32.2. The monoisotopic (exact) mass is 404 g/mol. The maximum Gasteiger partial charge on any atom is 0.285 e. The molecule has 1 aliphatic rings. The van der Waals surface area contributed by atoms with Crippen molar-refractivity contribution in [3.63, 3.8) is 0 Å². The van der Waals surface area contributed by atoms with E-state index in [1.807, 2.05) is 13.8 Å². The number of aryl methyl sites for hydroxylation is 1. The van der Waals surface area contributed by atoms with Crippen LogP contribution in [0.4, 0.5) is 15.7 Å². The summed E-state index contributed by atoms with van der Waals surface area (Å²) < 4.78 is 0. The van der Waals surface area contributed by atoms with Gasteiger partial charge in [0.15, 0.2) is 5.13 Å². The predicted octanol–water partition coefficient (Wildman–Crippen LogP) is 4.35. The van der Waals surface area contributed by atoms with Gasteiger partial charge in [0.2, 0.25) is 5.78 Å². The summed E-state index contributed by atoms with van der Waals surface area (Å²) in [7, 11) is 0. The van der Waals surface area contributed by atoms with Crippen LogP contribution in [-0.4, -0.2) is 38.4 Å². The lowest BCUT2D eigenvalue weighted by molar-refractivity contribution is 0.102. The lowest BCUT2D eigenvalue weighted by Gasteiger charge is -2.14. The molecule has 0 unspecified atom stereocenters. The number of aliphatic hydroxyl groups is 1. The Morgan fingerprint density at radius 2 is 2.15 bits per heavy atom. The molecule has 0 saturated carbocycles. The van der Waals surface area contributed by atoms with E-state index in [4.69, 9.17) is 0 Å². The number of hydrogen-bond acceptors (Lipinski definition) is 8. The largest absolute Gasteiger partial charge is 0.507 e. The third-order valence-electron chi connectivity index (χ3n) is 3.95. The van der Waals surface area contributed by atoms with Crippen molar-refractivity contribution >= 4 is 50.8 Å². The predicted molar refractivity (Wildman–Crippen MR) is 110 cm³/mol. The van der Waals surface area contributed by atoms with Gasteiger partial charge >= 0.3 is 0 Å². The van der Waals surface area contributed by atoms with Gasteiger partial charge in [-0.3, -0.25) is 14.9 Å². The molecule has 3 N–H and O–H groups in total. The summed E-state index contributed by atoms with van der Waals surface area (Å²) in [5, 5.41) is 16.6. The van der Waals surface area contributed by atoms with E-state index in [2.05, 4.69) is 20.6 Å². The number of hydrogen-bond donors (Lipinski definition) is 3. The number of Topliss-reactive ketones (excluding diaryl/α,β-unsaturated/α-hetero) is 1. The fraction of sp³-hybridized carbons (Fsp3) is 0.333. The average Bonchev–Trinajstić information content (AvgIpc) is 3.06. The molecule has 0 spiro atoms. The number of thiazole rings is 1. The van der Waals surface area contributed by atoms with Crippen LogP contribution in [0.25, 0.3) is 5.76 Å². The molecular weight excluding hydrogens is 384 g/mol. The van der Waals surface area contributed by atoms with Gasteiger partial charge in [-0.15, -0.1) is 0 Å². The first-order valence-electron chi connectivity index (χ1n) is 8.64. The molecule has 0 saturated heterocycles. The number of aliphatic hydroxyl groups excluding tert-OH is 1. The summed E-state index contributed by atoms with van der Waals surface area (Å²) in [4.78, 5) is 33.6. The highest BCUT2D eigenvalue weighted by Gasteiger charge is 2.29. The summed E-state index contributed by atoms with van der Waals surface area (Å²) in [6.45, 7) is 4.61. The van der Waals surface area contributed by atoms with E-state index in [0.717, 1.165) is 29.6 Å². The van der Waals surface area contributed by atoms with E-state index >= 15 is 0 Å². The summed E-state index contributed by atoms with van der Waals surface area (Å²) in [6, 6.07) is 3.50. The minimum Gasteiger partial charge on any atom is -0.507 e. The number of anilines is 2. The molecule has 2 heterocycles. The average molecular weight is 405 g/mol. The summed E-state index contributed by atoms with van der Waals surface area (Å²) in [6.07, 6.45) is 2.48. The normalized spacial score (nSPS) is 15.3. The van der Waals surface area contributed by atoms with Gasteiger partial charge in [0.1, 0.15) is 16.5 Å². The number of pyridine rings is 1. The molecule has 27 heavy (non-hydrogen) atoms. The Balaban J connectivity index is 1.83. The van der Waals surface area contributed by atoms with Crippen LogP contribution in [0.5, 0.6) is 0 Å². The molecule has 0 radical (unpaired) electrons. The fourth-order valence-electron chi connectivity index (χ4n) is 2.72. The molecule has 0 atom stereocenters. The Hall–Kier alpha value is -2.39. The molecule has 2 aromatic rings. The van der Waals surface area contributed by atoms with Gasteiger partial charge in [-0.25, -0.2) is 9.97 Å².